The van der Waals surface area contributed by atoms with Crippen molar-refractivity contribution in [2.45, 2.75) is 244 Å². The second-order valence-electron chi connectivity index (χ2n) is 15.3. The van der Waals surface area contributed by atoms with Crippen molar-refractivity contribution in [2.75, 3.05) is 6.61 Å². The Morgan fingerprint density at radius 1 is 0.571 bits per heavy atom. The van der Waals surface area contributed by atoms with Crippen LogP contribution in [0.5, 0.6) is 0 Å². The first-order chi connectivity index (χ1) is 23.9. The molecule has 0 saturated carbocycles. The summed E-state index contributed by atoms with van der Waals surface area (Å²) in [6.45, 7) is 6.38. The first-order valence-electron chi connectivity index (χ1n) is 21.5. The first-order valence-corrected chi connectivity index (χ1v) is 21.5. The topological polar surface area (TPSA) is 110 Å². The highest BCUT2D eigenvalue weighted by Crippen LogP contribution is 2.17. The van der Waals surface area contributed by atoms with Crippen LogP contribution in [0.3, 0.4) is 0 Å². The summed E-state index contributed by atoms with van der Waals surface area (Å²) in [5.41, 5.74) is 0. The fourth-order valence-corrected chi connectivity index (χ4v) is 6.68. The lowest BCUT2D eigenvalue weighted by molar-refractivity contribution is -0.132. The molecule has 0 heterocycles. The molecule has 292 valence electrons. The smallest absolute Gasteiger partial charge is 0.249 e. The summed E-state index contributed by atoms with van der Waals surface area (Å²) in [6.07, 6.45) is 38.3. The molecule has 0 bridgehead atoms. The van der Waals surface area contributed by atoms with Crippen molar-refractivity contribution in [1.29, 1.82) is 0 Å². The van der Waals surface area contributed by atoms with Gasteiger partial charge in [0.05, 0.1) is 18.8 Å². The Morgan fingerprint density at radius 2 is 0.980 bits per heavy atom. The highest BCUT2D eigenvalue weighted by Gasteiger charge is 2.28. The van der Waals surface area contributed by atoms with Gasteiger partial charge in [-0.15, -0.1) is 0 Å². The van der Waals surface area contributed by atoms with Crippen LogP contribution < -0.4 is 5.32 Å². The SMILES string of the molecule is CCCCCCCCCCCCCCCCCCC/C=C/C[C@@H](O)C(=O)N[C@@H](CO)[C@H](O)[C@H](O)CCCCCCCCCCCC(C)CC. The molecule has 0 saturated heterocycles. The number of aliphatic hydroxyl groups is 4. The second-order valence-corrected chi connectivity index (χ2v) is 15.3. The summed E-state index contributed by atoms with van der Waals surface area (Å²) in [5, 5.41) is 43.5. The van der Waals surface area contributed by atoms with Crippen molar-refractivity contribution in [3.63, 3.8) is 0 Å². The molecule has 0 fully saturated rings. The Kier molecular flexibility index (Phi) is 36.1. The van der Waals surface area contributed by atoms with E-state index in [0.717, 1.165) is 38.0 Å². The number of aliphatic hydroxyl groups excluding tert-OH is 4. The van der Waals surface area contributed by atoms with Crippen LogP contribution in [0.1, 0.15) is 220 Å². The van der Waals surface area contributed by atoms with Gasteiger partial charge >= 0.3 is 0 Å². The van der Waals surface area contributed by atoms with Crippen LogP contribution in [0.25, 0.3) is 0 Å². The molecule has 0 aliphatic rings. The highest BCUT2D eigenvalue weighted by atomic mass is 16.3. The van der Waals surface area contributed by atoms with Gasteiger partial charge in [0.25, 0.3) is 0 Å². The molecule has 0 spiro atoms. The lowest BCUT2D eigenvalue weighted by Crippen LogP contribution is -2.53. The summed E-state index contributed by atoms with van der Waals surface area (Å²) in [5.74, 6) is 0.220. The number of nitrogens with one attached hydrogen (secondary N) is 1. The summed E-state index contributed by atoms with van der Waals surface area (Å²) in [7, 11) is 0. The monoisotopic (exact) mass is 696 g/mol. The fraction of sp³-hybridized carbons (Fsp3) is 0.930. The Morgan fingerprint density at radius 3 is 1.41 bits per heavy atom. The molecule has 1 amide bonds. The summed E-state index contributed by atoms with van der Waals surface area (Å²) in [6, 6.07) is -1.00. The van der Waals surface area contributed by atoms with Crippen molar-refractivity contribution >= 4 is 5.91 Å². The molecule has 0 aromatic carbocycles. The zero-order valence-corrected chi connectivity index (χ0v) is 32.9. The summed E-state index contributed by atoms with van der Waals surface area (Å²) in [4.78, 5) is 12.5. The van der Waals surface area contributed by atoms with Gasteiger partial charge in [0.1, 0.15) is 12.2 Å². The van der Waals surface area contributed by atoms with Gasteiger partial charge < -0.3 is 25.7 Å². The zero-order chi connectivity index (χ0) is 36.2. The average molecular weight is 696 g/mol. The van der Waals surface area contributed by atoms with E-state index in [9.17, 15) is 25.2 Å². The third-order valence-electron chi connectivity index (χ3n) is 10.5. The van der Waals surface area contributed by atoms with Crippen LogP contribution >= 0.6 is 0 Å². The molecule has 5 atom stereocenters. The standard InChI is InChI=1S/C43H85NO5/c1-4-6-7-8-9-10-11-12-13-14-15-16-17-18-19-20-23-27-30-33-36-41(47)43(49)44-39(37-45)42(48)40(46)35-32-29-26-24-21-22-25-28-31-34-38(3)5-2/h30,33,38-42,45-48H,4-29,31-32,34-37H2,1-3H3,(H,44,49)/b33-30+/t38?,39-,40+,41+,42-/m0/s1. The minimum absolute atomic E-state index is 0.194. The lowest BCUT2D eigenvalue weighted by atomic mass is 9.98. The highest BCUT2D eigenvalue weighted by molar-refractivity contribution is 5.81. The predicted molar refractivity (Wildman–Crippen MR) is 210 cm³/mol. The molecule has 0 aliphatic heterocycles. The van der Waals surface area contributed by atoms with Crippen LogP contribution in [-0.2, 0) is 4.79 Å². The average Bonchev–Trinajstić information content (AvgIpc) is 3.11. The molecule has 6 heteroatoms. The van der Waals surface area contributed by atoms with Crippen molar-refractivity contribution in [1.82, 2.24) is 5.32 Å². The van der Waals surface area contributed by atoms with Gasteiger partial charge in [-0.25, -0.2) is 0 Å². The molecule has 0 aromatic rings. The van der Waals surface area contributed by atoms with Gasteiger partial charge in [0.2, 0.25) is 5.91 Å². The number of rotatable bonds is 38. The van der Waals surface area contributed by atoms with E-state index < -0.39 is 36.9 Å². The van der Waals surface area contributed by atoms with E-state index in [1.807, 2.05) is 12.2 Å². The van der Waals surface area contributed by atoms with Gasteiger partial charge in [0.15, 0.2) is 0 Å². The molecule has 0 rings (SSSR count). The minimum atomic E-state index is -1.27. The lowest BCUT2D eigenvalue weighted by Gasteiger charge is -2.27. The van der Waals surface area contributed by atoms with E-state index in [1.54, 1.807) is 0 Å². The van der Waals surface area contributed by atoms with Gasteiger partial charge in [-0.3, -0.25) is 4.79 Å². The van der Waals surface area contributed by atoms with Gasteiger partial charge in [-0.05, 0) is 25.2 Å². The summed E-state index contributed by atoms with van der Waals surface area (Å²) < 4.78 is 0. The Labute approximate surface area is 304 Å². The zero-order valence-electron chi connectivity index (χ0n) is 32.9. The number of hydrogen-bond acceptors (Lipinski definition) is 5. The van der Waals surface area contributed by atoms with Crippen molar-refractivity contribution in [2.24, 2.45) is 5.92 Å². The van der Waals surface area contributed by atoms with E-state index in [1.165, 1.54) is 154 Å². The van der Waals surface area contributed by atoms with E-state index >= 15 is 0 Å². The van der Waals surface area contributed by atoms with E-state index in [2.05, 4.69) is 26.1 Å². The van der Waals surface area contributed by atoms with E-state index in [0.29, 0.717) is 6.42 Å². The van der Waals surface area contributed by atoms with E-state index in [-0.39, 0.29) is 6.42 Å². The molecular formula is C43H85NO5. The number of carbonyl (C=O) groups is 1. The number of amides is 1. The minimum Gasteiger partial charge on any atom is -0.394 e. The van der Waals surface area contributed by atoms with Crippen LogP contribution in [0.4, 0.5) is 0 Å². The second kappa shape index (κ2) is 36.8. The van der Waals surface area contributed by atoms with Crippen molar-refractivity contribution in [3.05, 3.63) is 12.2 Å². The summed E-state index contributed by atoms with van der Waals surface area (Å²) >= 11 is 0. The van der Waals surface area contributed by atoms with E-state index in [4.69, 9.17) is 0 Å². The number of unbranched alkanes of at least 4 members (excludes halogenated alkanes) is 25. The predicted octanol–water partition coefficient (Wildman–Crippen LogP) is 10.9. The van der Waals surface area contributed by atoms with Gasteiger partial charge in [-0.2, -0.15) is 0 Å². The van der Waals surface area contributed by atoms with Crippen LogP contribution in [0, 0.1) is 5.92 Å². The third-order valence-corrected chi connectivity index (χ3v) is 10.5. The number of hydrogen-bond donors (Lipinski definition) is 5. The molecule has 5 N–H and O–H groups in total. The fourth-order valence-electron chi connectivity index (χ4n) is 6.68. The van der Waals surface area contributed by atoms with Crippen LogP contribution in [0.15, 0.2) is 12.2 Å². The molecule has 49 heavy (non-hydrogen) atoms. The maximum Gasteiger partial charge on any atom is 0.249 e. The Hall–Kier alpha value is -0.950. The molecule has 6 nitrogen and oxygen atoms in total. The van der Waals surface area contributed by atoms with Gasteiger partial charge in [-0.1, -0.05) is 206 Å². The molecule has 1 unspecified atom stereocenters. The largest absolute Gasteiger partial charge is 0.394 e. The van der Waals surface area contributed by atoms with Gasteiger partial charge in [0, 0.05) is 6.42 Å². The number of allylic oxidation sites excluding steroid dienone is 1. The van der Waals surface area contributed by atoms with Crippen LogP contribution in [-0.4, -0.2) is 57.3 Å². The maximum atomic E-state index is 12.5. The first kappa shape index (κ1) is 48.0. The molecular weight excluding hydrogens is 610 g/mol. The maximum absolute atomic E-state index is 12.5. The van der Waals surface area contributed by atoms with Crippen molar-refractivity contribution < 1.29 is 25.2 Å². The quantitative estimate of drug-likeness (QED) is 0.0326. The van der Waals surface area contributed by atoms with Crippen LogP contribution in [0.2, 0.25) is 0 Å². The van der Waals surface area contributed by atoms with Crippen molar-refractivity contribution in [3.8, 4) is 0 Å². The third kappa shape index (κ3) is 31.5. The molecule has 0 aromatic heterocycles. The Bertz CT molecular complexity index is 716. The molecule has 0 aliphatic carbocycles. The molecule has 0 radical (unpaired) electrons. The normalized spacial score (nSPS) is 15.0. The number of carbonyl (C=O) groups excluding carboxylic acids is 1. The Balaban J connectivity index is 3.77.